The predicted octanol–water partition coefficient (Wildman–Crippen LogP) is 2.61. The van der Waals surface area contributed by atoms with Crippen molar-refractivity contribution in [1.29, 1.82) is 0 Å². The van der Waals surface area contributed by atoms with Gasteiger partial charge in [0.25, 0.3) is 0 Å². The largest absolute Gasteiger partial charge is 0.342 e. The molecular formula is C14H23Cl2N3OS. The summed E-state index contributed by atoms with van der Waals surface area (Å²) in [4.78, 5) is 19.1. The monoisotopic (exact) mass is 351 g/mol. The molecule has 2 saturated heterocycles. The highest BCUT2D eigenvalue weighted by Gasteiger charge is 2.31. The van der Waals surface area contributed by atoms with Crippen LogP contribution < -0.4 is 5.32 Å². The third-order valence-corrected chi connectivity index (χ3v) is 5.25. The average Bonchev–Trinajstić information content (AvgIpc) is 3.09. The Balaban J connectivity index is 0.00000110. The standard InChI is InChI=1S/C14H21N3OS.2ClH/c1-10-9-19-13(16-10)12-3-2-6-17(8-12)14(18)11-4-5-15-7-11;;/h9,11-12,15H,2-8H2,1H3;2*1H. The summed E-state index contributed by atoms with van der Waals surface area (Å²) in [6.45, 7) is 5.67. The Morgan fingerprint density at radius 2 is 2.24 bits per heavy atom. The van der Waals surface area contributed by atoms with Crippen molar-refractivity contribution in [3.05, 3.63) is 16.1 Å². The van der Waals surface area contributed by atoms with Crippen LogP contribution in [0.5, 0.6) is 0 Å². The molecule has 0 spiro atoms. The molecule has 2 aliphatic rings. The molecule has 2 unspecified atom stereocenters. The van der Waals surface area contributed by atoms with Gasteiger partial charge in [-0.15, -0.1) is 36.2 Å². The summed E-state index contributed by atoms with van der Waals surface area (Å²) in [7, 11) is 0. The average molecular weight is 352 g/mol. The number of carbonyl (C=O) groups excluding carboxylic acids is 1. The zero-order valence-corrected chi connectivity index (χ0v) is 14.7. The Morgan fingerprint density at radius 1 is 1.43 bits per heavy atom. The lowest BCUT2D eigenvalue weighted by molar-refractivity contribution is -0.136. The number of halogens is 2. The van der Waals surface area contributed by atoms with Crippen LogP contribution in [0, 0.1) is 12.8 Å². The van der Waals surface area contributed by atoms with E-state index in [1.807, 2.05) is 6.92 Å². The summed E-state index contributed by atoms with van der Waals surface area (Å²) in [5.41, 5.74) is 1.10. The Labute approximate surface area is 142 Å². The van der Waals surface area contributed by atoms with E-state index in [4.69, 9.17) is 0 Å². The molecule has 0 aliphatic carbocycles. The van der Waals surface area contributed by atoms with Crippen LogP contribution >= 0.6 is 36.2 Å². The lowest BCUT2D eigenvalue weighted by atomic mass is 9.97. The second kappa shape index (κ2) is 8.32. The Kier molecular flexibility index (Phi) is 7.40. The third-order valence-electron chi connectivity index (χ3n) is 4.13. The van der Waals surface area contributed by atoms with Crippen LogP contribution in [0.25, 0.3) is 0 Å². The molecule has 7 heteroatoms. The lowest BCUT2D eigenvalue weighted by Gasteiger charge is -2.33. The Hall–Kier alpha value is -0.360. The van der Waals surface area contributed by atoms with Crippen LogP contribution in [0.15, 0.2) is 5.38 Å². The lowest BCUT2D eigenvalue weighted by Crippen LogP contribution is -2.42. The van der Waals surface area contributed by atoms with Crippen LogP contribution in [0.3, 0.4) is 0 Å². The molecule has 0 aromatic carbocycles. The fourth-order valence-corrected chi connectivity index (χ4v) is 3.99. The summed E-state index contributed by atoms with van der Waals surface area (Å²) in [5.74, 6) is 1.01. The second-order valence-corrected chi connectivity index (χ2v) is 6.53. The normalized spacial score (nSPS) is 25.1. The van der Waals surface area contributed by atoms with Gasteiger partial charge in [-0.3, -0.25) is 4.79 Å². The highest BCUT2D eigenvalue weighted by molar-refractivity contribution is 7.09. The van der Waals surface area contributed by atoms with Gasteiger partial charge in [-0.05, 0) is 32.7 Å². The first kappa shape index (κ1) is 18.7. The first-order chi connectivity index (χ1) is 9.24. The molecule has 1 N–H and O–H groups in total. The van der Waals surface area contributed by atoms with Gasteiger partial charge in [0.15, 0.2) is 0 Å². The van der Waals surface area contributed by atoms with Gasteiger partial charge < -0.3 is 10.2 Å². The highest BCUT2D eigenvalue weighted by Crippen LogP contribution is 2.30. The number of nitrogens with zero attached hydrogens (tertiary/aromatic N) is 2. The number of nitrogens with one attached hydrogen (secondary N) is 1. The number of aromatic nitrogens is 1. The number of likely N-dealkylation sites (tertiary alicyclic amines) is 1. The number of aryl methyl sites for hydroxylation is 1. The van der Waals surface area contributed by atoms with E-state index in [1.165, 1.54) is 11.4 Å². The topological polar surface area (TPSA) is 45.2 Å². The van der Waals surface area contributed by atoms with Crippen LogP contribution in [0.1, 0.15) is 35.9 Å². The van der Waals surface area contributed by atoms with Crippen molar-refractivity contribution in [3.8, 4) is 0 Å². The first-order valence-corrected chi connectivity index (χ1v) is 8.03. The van der Waals surface area contributed by atoms with E-state index in [0.717, 1.165) is 44.7 Å². The van der Waals surface area contributed by atoms with E-state index in [0.29, 0.717) is 11.8 Å². The molecule has 21 heavy (non-hydrogen) atoms. The van der Waals surface area contributed by atoms with Gasteiger partial charge in [0.2, 0.25) is 5.91 Å². The molecular weight excluding hydrogens is 329 g/mol. The number of carbonyl (C=O) groups is 1. The predicted molar refractivity (Wildman–Crippen MR) is 90.9 cm³/mol. The quantitative estimate of drug-likeness (QED) is 0.890. The maximum Gasteiger partial charge on any atom is 0.227 e. The highest BCUT2D eigenvalue weighted by atomic mass is 35.5. The minimum Gasteiger partial charge on any atom is -0.342 e. The molecule has 4 nitrogen and oxygen atoms in total. The van der Waals surface area contributed by atoms with E-state index in [2.05, 4.69) is 20.6 Å². The summed E-state index contributed by atoms with van der Waals surface area (Å²) >= 11 is 1.74. The van der Waals surface area contributed by atoms with Gasteiger partial charge in [-0.1, -0.05) is 0 Å². The van der Waals surface area contributed by atoms with Gasteiger partial charge >= 0.3 is 0 Å². The van der Waals surface area contributed by atoms with Crippen LogP contribution in [-0.4, -0.2) is 42.0 Å². The number of amides is 1. The summed E-state index contributed by atoms with van der Waals surface area (Å²) in [5, 5.41) is 6.60. The van der Waals surface area contributed by atoms with Crippen molar-refractivity contribution in [1.82, 2.24) is 15.2 Å². The third kappa shape index (κ3) is 4.31. The minimum absolute atomic E-state index is 0. The molecule has 0 saturated carbocycles. The minimum atomic E-state index is 0. The first-order valence-electron chi connectivity index (χ1n) is 7.15. The van der Waals surface area contributed by atoms with Gasteiger partial charge in [0.05, 0.1) is 10.9 Å². The van der Waals surface area contributed by atoms with Crippen molar-refractivity contribution in [3.63, 3.8) is 0 Å². The van der Waals surface area contributed by atoms with E-state index in [9.17, 15) is 4.79 Å². The summed E-state index contributed by atoms with van der Waals surface area (Å²) in [6, 6.07) is 0. The number of hydrogen-bond acceptors (Lipinski definition) is 4. The van der Waals surface area contributed by atoms with E-state index < -0.39 is 0 Å². The molecule has 0 radical (unpaired) electrons. The van der Waals surface area contributed by atoms with Gasteiger partial charge in [0, 0.05) is 36.6 Å². The fraction of sp³-hybridized carbons (Fsp3) is 0.714. The molecule has 1 aromatic heterocycles. The molecule has 0 bridgehead atoms. The maximum absolute atomic E-state index is 12.5. The van der Waals surface area contributed by atoms with Crippen molar-refractivity contribution in [2.45, 2.75) is 32.1 Å². The number of thiazole rings is 1. The second-order valence-electron chi connectivity index (χ2n) is 5.64. The van der Waals surface area contributed by atoms with Crippen LogP contribution in [-0.2, 0) is 4.79 Å². The Morgan fingerprint density at radius 3 is 2.86 bits per heavy atom. The molecule has 3 heterocycles. The van der Waals surface area contributed by atoms with Gasteiger partial charge in [-0.25, -0.2) is 4.98 Å². The zero-order chi connectivity index (χ0) is 13.2. The smallest absolute Gasteiger partial charge is 0.227 e. The molecule has 2 aliphatic heterocycles. The molecule has 1 aromatic rings. The SMILES string of the molecule is Cc1csc(C2CCCN(C(=O)C3CCNC3)C2)n1.Cl.Cl. The van der Waals surface area contributed by atoms with Crippen LogP contribution in [0.4, 0.5) is 0 Å². The number of piperidine rings is 1. The van der Waals surface area contributed by atoms with Crippen molar-refractivity contribution >= 4 is 42.1 Å². The van der Waals surface area contributed by atoms with Crippen molar-refractivity contribution < 1.29 is 4.79 Å². The molecule has 1 amide bonds. The molecule has 2 fully saturated rings. The fourth-order valence-electron chi connectivity index (χ4n) is 3.06. The molecule has 2 atom stereocenters. The summed E-state index contributed by atoms with van der Waals surface area (Å²) < 4.78 is 0. The van der Waals surface area contributed by atoms with E-state index in [1.54, 1.807) is 11.3 Å². The molecule has 3 rings (SSSR count). The number of rotatable bonds is 2. The Bertz CT molecular complexity index is 463. The maximum atomic E-state index is 12.5. The van der Waals surface area contributed by atoms with Crippen LogP contribution in [0.2, 0.25) is 0 Å². The van der Waals surface area contributed by atoms with E-state index in [-0.39, 0.29) is 30.7 Å². The molecule has 120 valence electrons. The van der Waals surface area contributed by atoms with Crippen molar-refractivity contribution in [2.24, 2.45) is 5.92 Å². The van der Waals surface area contributed by atoms with Gasteiger partial charge in [0.1, 0.15) is 0 Å². The zero-order valence-electron chi connectivity index (χ0n) is 12.2. The number of hydrogen-bond donors (Lipinski definition) is 1. The van der Waals surface area contributed by atoms with E-state index >= 15 is 0 Å². The van der Waals surface area contributed by atoms with Crippen molar-refractivity contribution in [2.75, 3.05) is 26.2 Å². The summed E-state index contributed by atoms with van der Waals surface area (Å²) in [6.07, 6.45) is 3.27. The van der Waals surface area contributed by atoms with Gasteiger partial charge in [-0.2, -0.15) is 0 Å².